The molecule has 1 heterocycles. The Morgan fingerprint density at radius 2 is 2.24 bits per heavy atom. The summed E-state index contributed by atoms with van der Waals surface area (Å²) in [7, 11) is -2.87. The number of aliphatic hydroxyl groups is 1. The van der Waals surface area contributed by atoms with Crippen LogP contribution in [0.1, 0.15) is 26.7 Å². The van der Waals surface area contributed by atoms with E-state index in [9.17, 15) is 13.5 Å². The van der Waals surface area contributed by atoms with E-state index in [0.717, 1.165) is 0 Å². The predicted molar refractivity (Wildman–Crippen MR) is 66.8 cm³/mol. The van der Waals surface area contributed by atoms with Crippen LogP contribution in [-0.2, 0) is 14.6 Å². The summed E-state index contributed by atoms with van der Waals surface area (Å²) in [5, 5.41) is 13.3. The first-order valence-electron chi connectivity index (χ1n) is 6.15. The second kappa shape index (κ2) is 6.13. The first kappa shape index (κ1) is 14.9. The van der Waals surface area contributed by atoms with Gasteiger partial charge in [0, 0.05) is 25.3 Å². The Morgan fingerprint density at radius 3 is 2.76 bits per heavy atom. The lowest BCUT2D eigenvalue weighted by Crippen LogP contribution is -2.46. The quantitative estimate of drug-likeness (QED) is 0.631. The van der Waals surface area contributed by atoms with Gasteiger partial charge < -0.3 is 15.2 Å². The van der Waals surface area contributed by atoms with Crippen LogP contribution in [0.15, 0.2) is 0 Å². The average Bonchev–Trinajstić information content (AvgIpc) is 2.59. The van der Waals surface area contributed by atoms with Gasteiger partial charge in [-0.25, -0.2) is 8.42 Å². The monoisotopic (exact) mass is 265 g/mol. The zero-order valence-corrected chi connectivity index (χ0v) is 11.4. The molecule has 0 aromatic carbocycles. The van der Waals surface area contributed by atoms with Crippen LogP contribution < -0.4 is 5.32 Å². The summed E-state index contributed by atoms with van der Waals surface area (Å²) < 4.78 is 27.8. The highest BCUT2D eigenvalue weighted by Crippen LogP contribution is 2.24. The highest BCUT2D eigenvalue weighted by atomic mass is 32.2. The SMILES string of the molecule is CCS(=O)(=O)CCCNCC1(O)CCOC1C. The van der Waals surface area contributed by atoms with Crippen LogP contribution in [0.3, 0.4) is 0 Å². The van der Waals surface area contributed by atoms with Crippen molar-refractivity contribution in [3.63, 3.8) is 0 Å². The molecule has 1 aliphatic heterocycles. The fourth-order valence-electron chi connectivity index (χ4n) is 1.87. The minimum atomic E-state index is -2.87. The van der Waals surface area contributed by atoms with Crippen LogP contribution >= 0.6 is 0 Å². The van der Waals surface area contributed by atoms with Crippen molar-refractivity contribution in [1.82, 2.24) is 5.32 Å². The zero-order chi connectivity index (χ0) is 12.9. The summed E-state index contributed by atoms with van der Waals surface area (Å²) in [5.41, 5.74) is -0.802. The lowest BCUT2D eigenvalue weighted by molar-refractivity contribution is -0.0259. The maximum Gasteiger partial charge on any atom is 0.150 e. The Morgan fingerprint density at radius 1 is 1.53 bits per heavy atom. The Labute approximate surface area is 103 Å². The molecule has 0 saturated carbocycles. The molecule has 6 heteroatoms. The molecule has 2 N–H and O–H groups in total. The van der Waals surface area contributed by atoms with E-state index in [1.807, 2.05) is 6.92 Å². The summed E-state index contributed by atoms with van der Waals surface area (Å²) in [4.78, 5) is 0. The molecular formula is C11H23NO4S. The maximum absolute atomic E-state index is 11.2. The van der Waals surface area contributed by atoms with Gasteiger partial charge in [0.05, 0.1) is 11.9 Å². The summed E-state index contributed by atoms with van der Waals surface area (Å²) in [5.74, 6) is 0.406. The molecule has 0 radical (unpaired) electrons. The molecule has 0 amide bonds. The third-order valence-electron chi connectivity index (χ3n) is 3.34. The van der Waals surface area contributed by atoms with Crippen molar-refractivity contribution in [2.45, 2.75) is 38.4 Å². The van der Waals surface area contributed by atoms with Crippen molar-refractivity contribution < 1.29 is 18.3 Å². The van der Waals surface area contributed by atoms with E-state index >= 15 is 0 Å². The smallest absolute Gasteiger partial charge is 0.150 e. The van der Waals surface area contributed by atoms with E-state index < -0.39 is 15.4 Å². The van der Waals surface area contributed by atoms with E-state index in [4.69, 9.17) is 4.74 Å². The van der Waals surface area contributed by atoms with Gasteiger partial charge in [-0.15, -0.1) is 0 Å². The normalized spacial score (nSPS) is 29.7. The van der Waals surface area contributed by atoms with Crippen molar-refractivity contribution >= 4 is 9.84 Å². The molecule has 102 valence electrons. The predicted octanol–water partition coefficient (Wildman–Crippen LogP) is -0.0593. The topological polar surface area (TPSA) is 75.6 Å². The van der Waals surface area contributed by atoms with Crippen LogP contribution in [0.2, 0.25) is 0 Å². The molecule has 0 aromatic rings. The van der Waals surface area contributed by atoms with E-state index in [0.29, 0.717) is 32.5 Å². The van der Waals surface area contributed by atoms with Gasteiger partial charge in [0.2, 0.25) is 0 Å². The number of hydrogen-bond acceptors (Lipinski definition) is 5. The first-order chi connectivity index (χ1) is 7.90. The molecule has 2 unspecified atom stereocenters. The van der Waals surface area contributed by atoms with Crippen molar-refractivity contribution in [3.8, 4) is 0 Å². The van der Waals surface area contributed by atoms with Gasteiger partial charge in [-0.2, -0.15) is 0 Å². The fourth-order valence-corrected chi connectivity index (χ4v) is 2.74. The number of rotatable bonds is 7. The van der Waals surface area contributed by atoms with E-state index in [-0.39, 0.29) is 17.6 Å². The standard InChI is InChI=1S/C11H23NO4S/c1-3-17(14,15)8-4-6-12-9-11(13)5-7-16-10(11)2/h10,12-13H,3-9H2,1-2H3. The number of sulfone groups is 1. The molecule has 0 spiro atoms. The second-order valence-electron chi connectivity index (χ2n) is 4.63. The van der Waals surface area contributed by atoms with Crippen LogP contribution in [0.5, 0.6) is 0 Å². The van der Waals surface area contributed by atoms with Crippen LogP contribution in [0, 0.1) is 0 Å². The Bertz CT molecular complexity index is 330. The second-order valence-corrected chi connectivity index (χ2v) is 7.11. The van der Waals surface area contributed by atoms with Crippen molar-refractivity contribution in [3.05, 3.63) is 0 Å². The number of hydrogen-bond donors (Lipinski definition) is 2. The third-order valence-corrected chi connectivity index (χ3v) is 5.13. The Hall–Kier alpha value is -0.170. The summed E-state index contributed by atoms with van der Waals surface area (Å²) in [6, 6.07) is 0. The third kappa shape index (κ3) is 4.54. The van der Waals surface area contributed by atoms with Crippen molar-refractivity contribution in [2.75, 3.05) is 31.2 Å². The van der Waals surface area contributed by atoms with Gasteiger partial charge in [-0.05, 0) is 19.9 Å². The van der Waals surface area contributed by atoms with Gasteiger partial charge in [-0.3, -0.25) is 0 Å². The highest BCUT2D eigenvalue weighted by Gasteiger charge is 2.38. The molecule has 2 atom stereocenters. The van der Waals surface area contributed by atoms with Gasteiger partial charge in [0.1, 0.15) is 15.4 Å². The highest BCUT2D eigenvalue weighted by molar-refractivity contribution is 7.91. The lowest BCUT2D eigenvalue weighted by Gasteiger charge is -2.26. The van der Waals surface area contributed by atoms with E-state index in [1.54, 1.807) is 6.92 Å². The largest absolute Gasteiger partial charge is 0.386 e. The zero-order valence-electron chi connectivity index (χ0n) is 10.6. The first-order valence-corrected chi connectivity index (χ1v) is 7.97. The number of nitrogens with one attached hydrogen (secondary N) is 1. The van der Waals surface area contributed by atoms with E-state index in [1.165, 1.54) is 0 Å². The average molecular weight is 265 g/mol. The number of ether oxygens (including phenoxy) is 1. The Kier molecular flexibility index (Phi) is 5.37. The van der Waals surface area contributed by atoms with Crippen LogP contribution in [0.25, 0.3) is 0 Å². The van der Waals surface area contributed by atoms with E-state index in [2.05, 4.69) is 5.32 Å². The molecule has 1 rings (SSSR count). The van der Waals surface area contributed by atoms with Crippen LogP contribution in [0.4, 0.5) is 0 Å². The maximum atomic E-state index is 11.2. The van der Waals surface area contributed by atoms with Gasteiger partial charge in [-0.1, -0.05) is 6.92 Å². The van der Waals surface area contributed by atoms with Crippen LogP contribution in [-0.4, -0.2) is 56.4 Å². The van der Waals surface area contributed by atoms with Crippen molar-refractivity contribution in [1.29, 1.82) is 0 Å². The molecule has 0 aliphatic carbocycles. The minimum Gasteiger partial charge on any atom is -0.386 e. The molecule has 1 fully saturated rings. The van der Waals surface area contributed by atoms with Gasteiger partial charge >= 0.3 is 0 Å². The summed E-state index contributed by atoms with van der Waals surface area (Å²) in [6.45, 7) is 5.16. The molecule has 0 bridgehead atoms. The molecule has 5 nitrogen and oxygen atoms in total. The fraction of sp³-hybridized carbons (Fsp3) is 1.00. The molecule has 1 aliphatic rings. The molecule has 1 saturated heterocycles. The molecule has 17 heavy (non-hydrogen) atoms. The molecule has 0 aromatic heterocycles. The minimum absolute atomic E-state index is 0.158. The summed E-state index contributed by atoms with van der Waals surface area (Å²) >= 11 is 0. The summed E-state index contributed by atoms with van der Waals surface area (Å²) in [6.07, 6.45) is 1.06. The molecular weight excluding hydrogens is 242 g/mol. The van der Waals surface area contributed by atoms with Gasteiger partial charge in [0.15, 0.2) is 0 Å². The Balaban J connectivity index is 2.16. The van der Waals surface area contributed by atoms with Crippen molar-refractivity contribution in [2.24, 2.45) is 0 Å². The van der Waals surface area contributed by atoms with Gasteiger partial charge in [0.25, 0.3) is 0 Å². The lowest BCUT2D eigenvalue weighted by atomic mass is 9.97.